The molecule has 1 amide bonds. The van der Waals surface area contributed by atoms with Crippen molar-refractivity contribution >= 4 is 17.9 Å². The minimum absolute atomic E-state index is 0.00539. The minimum Gasteiger partial charge on any atom is -0.478 e. The van der Waals surface area contributed by atoms with Gasteiger partial charge in [-0.3, -0.25) is 9.88 Å². The number of hydrogen-bond donors (Lipinski definition) is 1. The zero-order valence-corrected chi connectivity index (χ0v) is 20.4. The summed E-state index contributed by atoms with van der Waals surface area (Å²) in [5.74, 6) is -2.55. The first-order chi connectivity index (χ1) is 17.4. The molecule has 37 heavy (non-hydrogen) atoms. The summed E-state index contributed by atoms with van der Waals surface area (Å²) in [5.41, 5.74) is -2.16. The number of benzene rings is 1. The molecule has 8 nitrogen and oxygen atoms in total. The number of carbonyl (C=O) groups excluding carboxylic acids is 1. The first-order valence-electron chi connectivity index (χ1n) is 11.5. The summed E-state index contributed by atoms with van der Waals surface area (Å²) in [6, 6.07) is 8.66. The number of hydrogen-bond acceptors (Lipinski definition) is 6. The molecule has 1 saturated carbocycles. The number of halogens is 3. The van der Waals surface area contributed by atoms with Gasteiger partial charge in [-0.15, -0.1) is 10.2 Å². The van der Waals surface area contributed by atoms with E-state index >= 15 is 0 Å². The van der Waals surface area contributed by atoms with Gasteiger partial charge in [0.25, 0.3) is 0 Å². The van der Waals surface area contributed by atoms with Crippen molar-refractivity contribution < 1.29 is 32.6 Å². The number of aromatic carboxylic acids is 1. The minimum atomic E-state index is -1.24. The molecule has 1 N–H and O–H groups in total. The molecular weight excluding hydrogens is 489 g/mol. The highest BCUT2D eigenvalue weighted by atomic mass is 19.1. The van der Waals surface area contributed by atoms with E-state index in [4.69, 9.17) is 4.74 Å². The number of ether oxygens (including phenoxy) is 1. The molecule has 1 aliphatic rings. The van der Waals surface area contributed by atoms with Crippen molar-refractivity contribution in [3.63, 3.8) is 0 Å². The Balaban J connectivity index is 1.72. The first kappa shape index (κ1) is 26.1. The van der Waals surface area contributed by atoms with Gasteiger partial charge >= 0.3 is 12.1 Å². The molecule has 0 bridgehead atoms. The van der Waals surface area contributed by atoms with Crippen LogP contribution in [-0.2, 0) is 10.2 Å². The van der Waals surface area contributed by atoms with Crippen LogP contribution in [0.4, 0.5) is 23.8 Å². The number of carboxylic acid groups (broad SMARTS) is 1. The molecule has 11 heteroatoms. The zero-order chi connectivity index (χ0) is 27.0. The van der Waals surface area contributed by atoms with Crippen molar-refractivity contribution in [3.8, 4) is 11.3 Å². The van der Waals surface area contributed by atoms with E-state index < -0.39 is 40.9 Å². The van der Waals surface area contributed by atoms with Gasteiger partial charge in [0, 0.05) is 23.7 Å². The summed E-state index contributed by atoms with van der Waals surface area (Å²) >= 11 is 0. The van der Waals surface area contributed by atoms with Gasteiger partial charge in [0.2, 0.25) is 0 Å². The highest BCUT2D eigenvalue weighted by molar-refractivity contribution is 5.89. The molecular formula is C26H25F3N4O4. The van der Waals surface area contributed by atoms with Gasteiger partial charge in [-0.2, -0.15) is 0 Å². The largest absolute Gasteiger partial charge is 0.478 e. The van der Waals surface area contributed by atoms with Crippen LogP contribution in [0, 0.1) is 11.6 Å². The molecule has 0 radical (unpaired) electrons. The van der Waals surface area contributed by atoms with Crippen LogP contribution in [0.15, 0.2) is 48.7 Å². The number of carboxylic acids is 1. The number of carbonyl (C=O) groups is 2. The third kappa shape index (κ3) is 5.55. The summed E-state index contributed by atoms with van der Waals surface area (Å²) in [6.45, 7) is 4.83. The average Bonchev–Trinajstić information content (AvgIpc) is 2.80. The molecule has 3 aromatic rings. The molecule has 1 aromatic carbocycles. The lowest BCUT2D eigenvalue weighted by Crippen LogP contribution is -2.54. The molecule has 2 heterocycles. The van der Waals surface area contributed by atoms with Crippen molar-refractivity contribution in [2.45, 2.75) is 50.8 Å². The van der Waals surface area contributed by atoms with Crippen LogP contribution in [-0.4, -0.2) is 50.7 Å². The van der Waals surface area contributed by atoms with Gasteiger partial charge < -0.3 is 9.84 Å². The van der Waals surface area contributed by atoms with Gasteiger partial charge in [0.1, 0.15) is 23.4 Å². The second-order valence-corrected chi connectivity index (χ2v) is 9.96. The normalized spacial score (nSPS) is 19.1. The number of amides is 1. The Bertz CT molecular complexity index is 1320. The lowest BCUT2D eigenvalue weighted by atomic mass is 9.64. The molecule has 0 spiro atoms. The average molecular weight is 515 g/mol. The Morgan fingerprint density at radius 1 is 1.11 bits per heavy atom. The maximum atomic E-state index is 14.7. The van der Waals surface area contributed by atoms with E-state index in [1.165, 1.54) is 30.5 Å². The maximum absolute atomic E-state index is 14.7. The van der Waals surface area contributed by atoms with Crippen LogP contribution in [0.25, 0.3) is 11.3 Å². The number of pyridine rings is 1. The third-order valence-corrected chi connectivity index (χ3v) is 5.98. The van der Waals surface area contributed by atoms with Crippen molar-refractivity contribution in [2.75, 3.05) is 11.4 Å². The van der Waals surface area contributed by atoms with E-state index in [0.29, 0.717) is 0 Å². The van der Waals surface area contributed by atoms with Gasteiger partial charge in [-0.05, 0) is 76.1 Å². The summed E-state index contributed by atoms with van der Waals surface area (Å²) in [7, 11) is 0. The Morgan fingerprint density at radius 2 is 1.84 bits per heavy atom. The first-order valence-corrected chi connectivity index (χ1v) is 11.5. The third-order valence-electron chi connectivity index (χ3n) is 5.98. The number of rotatable bonds is 6. The molecule has 1 fully saturated rings. The molecule has 0 saturated heterocycles. The lowest BCUT2D eigenvalue weighted by molar-refractivity contribution is 0.0506. The Kier molecular flexibility index (Phi) is 6.90. The summed E-state index contributed by atoms with van der Waals surface area (Å²) in [4.78, 5) is 29.7. The van der Waals surface area contributed by atoms with E-state index in [1.54, 1.807) is 20.8 Å². The highest BCUT2D eigenvalue weighted by Gasteiger charge is 2.51. The van der Waals surface area contributed by atoms with Gasteiger partial charge in [0.05, 0.1) is 17.0 Å². The van der Waals surface area contributed by atoms with Crippen molar-refractivity contribution in [1.29, 1.82) is 0 Å². The number of anilines is 1. The second-order valence-electron chi connectivity index (χ2n) is 9.96. The molecule has 0 unspecified atom stereocenters. The lowest BCUT2D eigenvalue weighted by Gasteiger charge is -2.46. The number of alkyl halides is 1. The Hall–Kier alpha value is -4.02. The van der Waals surface area contributed by atoms with Crippen LogP contribution < -0.4 is 4.90 Å². The molecule has 194 valence electrons. The van der Waals surface area contributed by atoms with Gasteiger partial charge in [0.15, 0.2) is 5.82 Å². The summed E-state index contributed by atoms with van der Waals surface area (Å²) in [5, 5.41) is 17.3. The molecule has 1 aliphatic carbocycles. The van der Waals surface area contributed by atoms with Gasteiger partial charge in [-0.25, -0.2) is 22.8 Å². The SMILES string of the molecule is CC(C)(C)OC(=O)N(C[C@]1(c2ncccc2F)C[C@@H](F)C1)c1ccc(-c2cc(C(=O)O)ccc2F)nn1. The predicted molar refractivity (Wildman–Crippen MR) is 128 cm³/mol. The fraction of sp³-hybridized carbons (Fsp3) is 0.346. The summed E-state index contributed by atoms with van der Waals surface area (Å²) < 4.78 is 48.8. The molecule has 4 rings (SSSR count). The van der Waals surface area contributed by atoms with Crippen LogP contribution >= 0.6 is 0 Å². The number of nitrogens with zero attached hydrogens (tertiary/aromatic N) is 4. The summed E-state index contributed by atoms with van der Waals surface area (Å²) in [6.07, 6.45) is -0.720. The van der Waals surface area contributed by atoms with Crippen LogP contribution in [0.1, 0.15) is 49.7 Å². The van der Waals surface area contributed by atoms with Crippen molar-refractivity contribution in [3.05, 3.63) is 71.6 Å². The maximum Gasteiger partial charge on any atom is 0.416 e. The predicted octanol–water partition coefficient (Wildman–Crippen LogP) is 5.33. The Morgan fingerprint density at radius 3 is 2.41 bits per heavy atom. The van der Waals surface area contributed by atoms with E-state index in [-0.39, 0.29) is 47.7 Å². The molecule has 2 aromatic heterocycles. The topological polar surface area (TPSA) is 106 Å². The fourth-order valence-electron chi connectivity index (χ4n) is 4.29. The second kappa shape index (κ2) is 9.79. The highest BCUT2D eigenvalue weighted by Crippen LogP contribution is 2.46. The Labute approximate surface area is 211 Å². The van der Waals surface area contributed by atoms with E-state index in [0.717, 1.165) is 23.1 Å². The monoisotopic (exact) mass is 514 g/mol. The fourth-order valence-corrected chi connectivity index (χ4v) is 4.29. The van der Waals surface area contributed by atoms with E-state index in [9.17, 15) is 27.9 Å². The van der Waals surface area contributed by atoms with E-state index in [1.807, 2.05) is 0 Å². The van der Waals surface area contributed by atoms with Gasteiger partial charge in [-0.1, -0.05) is 0 Å². The van der Waals surface area contributed by atoms with Crippen LogP contribution in [0.5, 0.6) is 0 Å². The standard InChI is InChI=1S/C26H25F3N4O4/c1-25(2,3)37-24(36)33(14-26(12-16(27)13-26)22-19(29)5-4-10-30-22)21-9-8-20(31-32-21)17-11-15(23(34)35)6-7-18(17)28/h4-11,16H,12-14H2,1-3H3,(H,34,35)/t16-,26+. The number of aromatic nitrogens is 3. The molecule has 0 atom stereocenters. The van der Waals surface area contributed by atoms with E-state index in [2.05, 4.69) is 15.2 Å². The van der Waals surface area contributed by atoms with Crippen LogP contribution in [0.3, 0.4) is 0 Å². The zero-order valence-electron chi connectivity index (χ0n) is 20.4. The molecule has 0 aliphatic heterocycles. The van der Waals surface area contributed by atoms with Crippen molar-refractivity contribution in [2.24, 2.45) is 0 Å². The van der Waals surface area contributed by atoms with Crippen molar-refractivity contribution in [1.82, 2.24) is 15.2 Å². The van der Waals surface area contributed by atoms with Crippen LogP contribution in [0.2, 0.25) is 0 Å². The smallest absolute Gasteiger partial charge is 0.416 e. The quantitative estimate of drug-likeness (QED) is 0.474.